The molecule has 1 heterocycles. The highest BCUT2D eigenvalue weighted by atomic mass is 16.3. The number of anilines is 1. The van der Waals surface area contributed by atoms with Gasteiger partial charge in [-0.25, -0.2) is 4.98 Å². The first-order valence-corrected chi connectivity index (χ1v) is 6.98. The number of aryl methyl sites for hydroxylation is 2. The summed E-state index contributed by atoms with van der Waals surface area (Å²) in [5, 5.41) is 30.7. The number of aliphatic hydroxyl groups excluding tert-OH is 1. The molecular weight excluding hydrogens is 268 g/mol. The topological polar surface area (TPSA) is 91.2 Å². The van der Waals surface area contributed by atoms with Gasteiger partial charge in [-0.05, 0) is 43.9 Å². The predicted octanol–water partition coefficient (Wildman–Crippen LogP) is 1.80. The average molecular weight is 286 g/mol. The number of aliphatic hydroxyl groups is 1. The standard InChI is InChI=1S/C15H18N4O2/c1-8-3-9(2)14(12(21)4-8)15-16-7-13(18-19-15)17-10-5-11(20)6-10/h3-4,7,10-11,20-21H,5-6H2,1-2H3,(H,17,18). The van der Waals surface area contributed by atoms with Crippen LogP contribution in [-0.4, -0.2) is 37.5 Å². The smallest absolute Gasteiger partial charge is 0.185 e. The van der Waals surface area contributed by atoms with Crippen LogP contribution in [0.25, 0.3) is 11.4 Å². The summed E-state index contributed by atoms with van der Waals surface area (Å²) in [6, 6.07) is 3.89. The number of hydrogen-bond acceptors (Lipinski definition) is 6. The number of hydrogen-bond donors (Lipinski definition) is 3. The predicted molar refractivity (Wildman–Crippen MR) is 79.1 cm³/mol. The lowest BCUT2D eigenvalue weighted by Crippen LogP contribution is -2.39. The molecule has 1 aliphatic rings. The van der Waals surface area contributed by atoms with Crippen molar-refractivity contribution >= 4 is 5.82 Å². The Morgan fingerprint density at radius 2 is 1.95 bits per heavy atom. The third-order valence-corrected chi connectivity index (χ3v) is 3.71. The average Bonchev–Trinajstić information content (AvgIpc) is 2.37. The molecule has 1 fully saturated rings. The molecule has 6 heteroatoms. The Morgan fingerprint density at radius 3 is 2.52 bits per heavy atom. The van der Waals surface area contributed by atoms with E-state index >= 15 is 0 Å². The molecule has 3 rings (SSSR count). The van der Waals surface area contributed by atoms with E-state index in [4.69, 9.17) is 0 Å². The van der Waals surface area contributed by atoms with Crippen LogP contribution in [0.4, 0.5) is 5.82 Å². The quantitative estimate of drug-likeness (QED) is 0.797. The SMILES string of the molecule is Cc1cc(C)c(-c2ncc(NC3CC(O)C3)nn2)c(O)c1. The molecule has 1 aromatic carbocycles. The summed E-state index contributed by atoms with van der Waals surface area (Å²) in [7, 11) is 0. The molecule has 0 radical (unpaired) electrons. The lowest BCUT2D eigenvalue weighted by molar-refractivity contribution is 0.0835. The van der Waals surface area contributed by atoms with E-state index < -0.39 is 0 Å². The molecule has 1 aromatic heterocycles. The summed E-state index contributed by atoms with van der Waals surface area (Å²) in [5.74, 6) is 1.15. The molecule has 0 unspecified atom stereocenters. The molecule has 2 aromatic rings. The van der Waals surface area contributed by atoms with Crippen molar-refractivity contribution in [3.8, 4) is 17.1 Å². The van der Waals surface area contributed by atoms with Gasteiger partial charge in [-0.15, -0.1) is 10.2 Å². The largest absolute Gasteiger partial charge is 0.507 e. The summed E-state index contributed by atoms with van der Waals surface area (Å²) in [5.41, 5.74) is 2.51. The third-order valence-electron chi connectivity index (χ3n) is 3.71. The molecule has 1 saturated carbocycles. The van der Waals surface area contributed by atoms with Crippen LogP contribution >= 0.6 is 0 Å². The molecule has 0 saturated heterocycles. The molecule has 110 valence electrons. The van der Waals surface area contributed by atoms with Gasteiger partial charge < -0.3 is 15.5 Å². The molecule has 0 aliphatic heterocycles. The summed E-state index contributed by atoms with van der Waals surface area (Å²) >= 11 is 0. The normalized spacial score (nSPS) is 20.9. The van der Waals surface area contributed by atoms with Gasteiger partial charge >= 0.3 is 0 Å². The maximum absolute atomic E-state index is 10.1. The van der Waals surface area contributed by atoms with Crippen molar-refractivity contribution in [3.05, 3.63) is 29.5 Å². The zero-order valence-electron chi connectivity index (χ0n) is 12.0. The molecule has 0 amide bonds. The minimum absolute atomic E-state index is 0.164. The molecule has 3 N–H and O–H groups in total. The van der Waals surface area contributed by atoms with E-state index in [0.717, 1.165) is 24.0 Å². The van der Waals surface area contributed by atoms with E-state index in [1.54, 1.807) is 12.3 Å². The lowest BCUT2D eigenvalue weighted by atomic mass is 9.90. The van der Waals surface area contributed by atoms with Gasteiger partial charge in [0.15, 0.2) is 11.6 Å². The number of phenolic OH excluding ortho intramolecular Hbond substituents is 1. The van der Waals surface area contributed by atoms with Crippen LogP contribution in [0.2, 0.25) is 0 Å². The molecule has 1 aliphatic carbocycles. The van der Waals surface area contributed by atoms with Crippen molar-refractivity contribution in [2.75, 3.05) is 5.32 Å². The fraction of sp³-hybridized carbons (Fsp3) is 0.400. The van der Waals surface area contributed by atoms with Crippen LogP contribution in [0.15, 0.2) is 18.3 Å². The highest BCUT2D eigenvalue weighted by molar-refractivity contribution is 5.68. The molecule has 0 atom stereocenters. The molecule has 0 bridgehead atoms. The summed E-state index contributed by atoms with van der Waals surface area (Å²) < 4.78 is 0. The second-order valence-electron chi connectivity index (χ2n) is 5.61. The highest BCUT2D eigenvalue weighted by Crippen LogP contribution is 2.31. The van der Waals surface area contributed by atoms with E-state index in [0.29, 0.717) is 17.2 Å². The zero-order valence-corrected chi connectivity index (χ0v) is 12.0. The first-order chi connectivity index (χ1) is 10.0. The molecular formula is C15H18N4O2. The second-order valence-corrected chi connectivity index (χ2v) is 5.61. The highest BCUT2D eigenvalue weighted by Gasteiger charge is 2.27. The zero-order chi connectivity index (χ0) is 15.0. The Hall–Kier alpha value is -2.21. The first kappa shape index (κ1) is 13.8. The monoisotopic (exact) mass is 286 g/mol. The van der Waals surface area contributed by atoms with Crippen molar-refractivity contribution in [2.45, 2.75) is 38.8 Å². The summed E-state index contributed by atoms with van der Waals surface area (Å²) in [6.45, 7) is 3.84. The third kappa shape index (κ3) is 2.80. The summed E-state index contributed by atoms with van der Waals surface area (Å²) in [6.07, 6.45) is 2.84. The van der Waals surface area contributed by atoms with Gasteiger partial charge in [-0.3, -0.25) is 0 Å². The number of benzene rings is 1. The van der Waals surface area contributed by atoms with Crippen molar-refractivity contribution in [1.82, 2.24) is 15.2 Å². The first-order valence-electron chi connectivity index (χ1n) is 6.98. The Kier molecular flexibility index (Phi) is 3.47. The van der Waals surface area contributed by atoms with Crippen LogP contribution in [0, 0.1) is 13.8 Å². The number of nitrogens with one attached hydrogen (secondary N) is 1. The van der Waals surface area contributed by atoms with E-state index in [1.807, 2.05) is 19.9 Å². The van der Waals surface area contributed by atoms with E-state index in [-0.39, 0.29) is 17.9 Å². The van der Waals surface area contributed by atoms with Crippen molar-refractivity contribution in [1.29, 1.82) is 0 Å². The van der Waals surface area contributed by atoms with Crippen LogP contribution in [0.3, 0.4) is 0 Å². The molecule has 21 heavy (non-hydrogen) atoms. The van der Waals surface area contributed by atoms with Crippen LogP contribution < -0.4 is 5.32 Å². The van der Waals surface area contributed by atoms with Gasteiger partial charge in [0.1, 0.15) is 5.75 Å². The fourth-order valence-corrected chi connectivity index (χ4v) is 2.61. The van der Waals surface area contributed by atoms with Gasteiger partial charge in [0.2, 0.25) is 0 Å². The van der Waals surface area contributed by atoms with Crippen molar-refractivity contribution in [3.63, 3.8) is 0 Å². The van der Waals surface area contributed by atoms with Crippen LogP contribution in [-0.2, 0) is 0 Å². The van der Waals surface area contributed by atoms with Gasteiger partial charge in [0.25, 0.3) is 0 Å². The number of nitrogens with zero attached hydrogens (tertiary/aromatic N) is 3. The maximum Gasteiger partial charge on any atom is 0.185 e. The van der Waals surface area contributed by atoms with Crippen LogP contribution in [0.5, 0.6) is 5.75 Å². The van der Waals surface area contributed by atoms with Gasteiger partial charge in [0, 0.05) is 6.04 Å². The summed E-state index contributed by atoms with van der Waals surface area (Å²) in [4.78, 5) is 4.27. The number of aromatic hydroxyl groups is 1. The Bertz CT molecular complexity index is 628. The second kappa shape index (κ2) is 5.29. The van der Waals surface area contributed by atoms with Gasteiger partial charge in [-0.2, -0.15) is 0 Å². The lowest BCUT2D eigenvalue weighted by Gasteiger charge is -2.32. The Balaban J connectivity index is 1.81. The number of rotatable bonds is 3. The van der Waals surface area contributed by atoms with E-state index in [9.17, 15) is 10.2 Å². The van der Waals surface area contributed by atoms with Gasteiger partial charge in [-0.1, -0.05) is 6.07 Å². The van der Waals surface area contributed by atoms with Crippen molar-refractivity contribution in [2.24, 2.45) is 0 Å². The van der Waals surface area contributed by atoms with Gasteiger partial charge in [0.05, 0.1) is 17.9 Å². The molecule has 6 nitrogen and oxygen atoms in total. The maximum atomic E-state index is 10.1. The minimum Gasteiger partial charge on any atom is -0.507 e. The number of phenols is 1. The van der Waals surface area contributed by atoms with E-state index in [2.05, 4.69) is 20.5 Å². The minimum atomic E-state index is -0.213. The number of aromatic nitrogens is 3. The van der Waals surface area contributed by atoms with E-state index in [1.165, 1.54) is 0 Å². The Labute approximate surface area is 122 Å². The van der Waals surface area contributed by atoms with Crippen LogP contribution in [0.1, 0.15) is 24.0 Å². The fourth-order valence-electron chi connectivity index (χ4n) is 2.61. The Morgan fingerprint density at radius 1 is 1.19 bits per heavy atom. The molecule has 0 spiro atoms. The van der Waals surface area contributed by atoms with Crippen molar-refractivity contribution < 1.29 is 10.2 Å².